The first-order valence-electron chi connectivity index (χ1n) is 8.45. The fourth-order valence-electron chi connectivity index (χ4n) is 2.59. The van der Waals surface area contributed by atoms with Crippen LogP contribution in [0.25, 0.3) is 0 Å². The molecule has 0 aliphatic carbocycles. The molecule has 2 N–H and O–H groups in total. The van der Waals surface area contributed by atoms with Crippen LogP contribution in [0.2, 0.25) is 0 Å². The van der Waals surface area contributed by atoms with Crippen molar-refractivity contribution in [2.24, 2.45) is 5.10 Å². The van der Waals surface area contributed by atoms with Gasteiger partial charge in [-0.1, -0.05) is 30.3 Å². The van der Waals surface area contributed by atoms with Crippen LogP contribution in [0, 0.1) is 6.92 Å². The Balaban J connectivity index is 1.79. The standard InChI is InChI=1S/C21H21N3O3/c1-15-10-20(22)24(21(25)11-15)23-13-17-8-9-18(19(12-17)26-2)27-14-16-6-4-3-5-7-16/h3-13H,14,22H2,1-2H3/b23-13-. The van der Waals surface area contributed by atoms with Gasteiger partial charge in [0.2, 0.25) is 0 Å². The topological polar surface area (TPSA) is 78.8 Å². The van der Waals surface area contributed by atoms with Crippen LogP contribution in [0.3, 0.4) is 0 Å². The highest BCUT2D eigenvalue weighted by atomic mass is 16.5. The van der Waals surface area contributed by atoms with E-state index in [1.54, 1.807) is 25.5 Å². The number of pyridine rings is 1. The molecule has 0 radical (unpaired) electrons. The first-order valence-corrected chi connectivity index (χ1v) is 8.45. The summed E-state index contributed by atoms with van der Waals surface area (Å²) in [6, 6.07) is 18.5. The SMILES string of the molecule is COc1cc(/C=N\n2c(N)cc(C)cc2=O)ccc1OCc1ccccc1. The Morgan fingerprint density at radius 1 is 1.07 bits per heavy atom. The molecule has 138 valence electrons. The second kappa shape index (κ2) is 8.23. The first-order chi connectivity index (χ1) is 13.1. The molecule has 0 aliphatic rings. The Hall–Kier alpha value is -3.54. The number of nitrogen functional groups attached to an aromatic ring is 1. The zero-order valence-electron chi connectivity index (χ0n) is 15.3. The molecule has 6 heteroatoms. The lowest BCUT2D eigenvalue weighted by Crippen LogP contribution is -2.19. The Morgan fingerprint density at radius 3 is 2.56 bits per heavy atom. The van der Waals surface area contributed by atoms with Crippen LogP contribution < -0.4 is 20.8 Å². The Labute approximate surface area is 157 Å². The fourth-order valence-corrected chi connectivity index (χ4v) is 2.59. The van der Waals surface area contributed by atoms with Crippen molar-refractivity contribution in [3.8, 4) is 11.5 Å². The minimum Gasteiger partial charge on any atom is -0.493 e. The van der Waals surface area contributed by atoms with Gasteiger partial charge >= 0.3 is 0 Å². The maximum atomic E-state index is 12.0. The van der Waals surface area contributed by atoms with E-state index in [0.717, 1.165) is 21.4 Å². The van der Waals surface area contributed by atoms with E-state index in [-0.39, 0.29) is 11.4 Å². The zero-order chi connectivity index (χ0) is 19.2. The van der Waals surface area contributed by atoms with Crippen LogP contribution in [0.1, 0.15) is 16.7 Å². The molecule has 0 amide bonds. The lowest BCUT2D eigenvalue weighted by molar-refractivity contribution is 0.284. The number of nitrogens with two attached hydrogens (primary N) is 1. The summed E-state index contributed by atoms with van der Waals surface area (Å²) in [5, 5.41) is 4.17. The van der Waals surface area contributed by atoms with Gasteiger partial charge in [0, 0.05) is 6.07 Å². The summed E-state index contributed by atoms with van der Waals surface area (Å²) in [7, 11) is 1.58. The molecule has 0 fully saturated rings. The van der Waals surface area contributed by atoms with Crippen molar-refractivity contribution in [1.29, 1.82) is 0 Å². The molecule has 6 nitrogen and oxygen atoms in total. The molecule has 0 spiro atoms. The first kappa shape index (κ1) is 18.3. The van der Waals surface area contributed by atoms with E-state index in [1.807, 2.05) is 49.4 Å². The highest BCUT2D eigenvalue weighted by Gasteiger charge is 2.06. The molecule has 27 heavy (non-hydrogen) atoms. The highest BCUT2D eigenvalue weighted by molar-refractivity contribution is 5.81. The number of ether oxygens (including phenoxy) is 2. The molecule has 0 aliphatic heterocycles. The van der Waals surface area contributed by atoms with Crippen molar-refractivity contribution in [3.63, 3.8) is 0 Å². The Bertz CT molecular complexity index is 1010. The average molecular weight is 363 g/mol. The summed E-state index contributed by atoms with van der Waals surface area (Å²) in [6.45, 7) is 2.25. The monoisotopic (exact) mass is 363 g/mol. The van der Waals surface area contributed by atoms with Crippen molar-refractivity contribution >= 4 is 12.0 Å². The number of nitrogens with zero attached hydrogens (tertiary/aromatic N) is 2. The van der Waals surface area contributed by atoms with Gasteiger partial charge in [0.15, 0.2) is 11.5 Å². The van der Waals surface area contributed by atoms with Gasteiger partial charge in [-0.15, -0.1) is 0 Å². The summed E-state index contributed by atoms with van der Waals surface area (Å²) in [5.41, 5.74) is 8.21. The third-order valence-corrected chi connectivity index (χ3v) is 3.93. The van der Waals surface area contributed by atoms with E-state index in [9.17, 15) is 4.79 Å². The van der Waals surface area contributed by atoms with E-state index in [2.05, 4.69) is 5.10 Å². The van der Waals surface area contributed by atoms with Crippen molar-refractivity contribution in [3.05, 3.63) is 87.7 Å². The second-order valence-electron chi connectivity index (χ2n) is 6.04. The maximum Gasteiger partial charge on any atom is 0.273 e. The smallest absolute Gasteiger partial charge is 0.273 e. The Kier molecular flexibility index (Phi) is 5.56. The molecule has 3 rings (SSSR count). The quantitative estimate of drug-likeness (QED) is 0.682. The van der Waals surface area contributed by atoms with Gasteiger partial charge in [0.1, 0.15) is 12.4 Å². The highest BCUT2D eigenvalue weighted by Crippen LogP contribution is 2.28. The third-order valence-electron chi connectivity index (χ3n) is 3.93. The van der Waals surface area contributed by atoms with Gasteiger partial charge in [0.05, 0.1) is 13.3 Å². The van der Waals surface area contributed by atoms with Crippen LogP contribution in [0.5, 0.6) is 11.5 Å². The maximum absolute atomic E-state index is 12.0. The average Bonchev–Trinajstić information content (AvgIpc) is 2.66. The van der Waals surface area contributed by atoms with E-state index in [0.29, 0.717) is 18.1 Å². The molecular formula is C21H21N3O3. The lowest BCUT2D eigenvalue weighted by atomic mass is 10.2. The van der Waals surface area contributed by atoms with Crippen LogP contribution in [-0.4, -0.2) is 18.0 Å². The number of benzene rings is 2. The van der Waals surface area contributed by atoms with Gasteiger partial charge < -0.3 is 15.2 Å². The lowest BCUT2D eigenvalue weighted by Gasteiger charge is -2.11. The summed E-state index contributed by atoms with van der Waals surface area (Å²) in [4.78, 5) is 12.0. The molecule has 0 saturated heterocycles. The minimum absolute atomic E-state index is 0.279. The third kappa shape index (κ3) is 4.55. The fraction of sp³-hybridized carbons (Fsp3) is 0.143. The largest absolute Gasteiger partial charge is 0.493 e. The molecule has 2 aromatic carbocycles. The number of anilines is 1. The zero-order valence-corrected chi connectivity index (χ0v) is 15.3. The number of hydrogen-bond acceptors (Lipinski definition) is 5. The van der Waals surface area contributed by atoms with Gasteiger partial charge in [-0.05, 0) is 47.9 Å². The van der Waals surface area contributed by atoms with Crippen molar-refractivity contribution in [2.75, 3.05) is 12.8 Å². The van der Waals surface area contributed by atoms with Crippen LogP contribution in [0.15, 0.2) is 70.6 Å². The van der Waals surface area contributed by atoms with Gasteiger partial charge in [-0.25, -0.2) is 0 Å². The number of methoxy groups -OCH3 is 1. The van der Waals surface area contributed by atoms with E-state index in [1.165, 1.54) is 6.07 Å². The van der Waals surface area contributed by atoms with E-state index >= 15 is 0 Å². The van der Waals surface area contributed by atoms with Crippen LogP contribution in [0.4, 0.5) is 5.82 Å². The van der Waals surface area contributed by atoms with Gasteiger partial charge in [0.25, 0.3) is 5.56 Å². The van der Waals surface area contributed by atoms with E-state index in [4.69, 9.17) is 15.2 Å². The number of aryl methyl sites for hydroxylation is 1. The van der Waals surface area contributed by atoms with Gasteiger partial charge in [-0.2, -0.15) is 9.78 Å². The Morgan fingerprint density at radius 2 is 1.85 bits per heavy atom. The molecule has 3 aromatic rings. The van der Waals surface area contributed by atoms with Crippen molar-refractivity contribution in [1.82, 2.24) is 4.68 Å². The van der Waals surface area contributed by atoms with E-state index < -0.39 is 0 Å². The molecule has 0 atom stereocenters. The minimum atomic E-state index is -0.279. The van der Waals surface area contributed by atoms with Crippen molar-refractivity contribution in [2.45, 2.75) is 13.5 Å². The van der Waals surface area contributed by atoms with Gasteiger partial charge in [-0.3, -0.25) is 4.79 Å². The summed E-state index contributed by atoms with van der Waals surface area (Å²) in [6.07, 6.45) is 1.55. The summed E-state index contributed by atoms with van der Waals surface area (Å²) >= 11 is 0. The predicted molar refractivity (Wildman–Crippen MR) is 107 cm³/mol. The number of hydrogen-bond donors (Lipinski definition) is 1. The number of rotatable bonds is 6. The molecular weight excluding hydrogens is 342 g/mol. The molecule has 0 saturated carbocycles. The second-order valence-corrected chi connectivity index (χ2v) is 6.04. The number of aromatic nitrogens is 1. The predicted octanol–water partition coefficient (Wildman–Crippen LogP) is 3.21. The molecule has 1 aromatic heterocycles. The van der Waals surface area contributed by atoms with Crippen LogP contribution in [-0.2, 0) is 6.61 Å². The summed E-state index contributed by atoms with van der Waals surface area (Å²) in [5.74, 6) is 1.50. The molecule has 0 unspecified atom stereocenters. The summed E-state index contributed by atoms with van der Waals surface area (Å²) < 4.78 is 12.4. The molecule has 0 bridgehead atoms. The van der Waals surface area contributed by atoms with Crippen molar-refractivity contribution < 1.29 is 9.47 Å². The normalized spacial score (nSPS) is 10.9. The molecule has 1 heterocycles. The van der Waals surface area contributed by atoms with Crippen LogP contribution >= 0.6 is 0 Å².